The lowest BCUT2D eigenvalue weighted by Crippen LogP contribution is -2.28. The maximum atomic E-state index is 12.8. The third-order valence-electron chi connectivity index (χ3n) is 7.60. The largest absolute Gasteiger partial charge is 0.497 e. The molecule has 0 saturated carbocycles. The van der Waals surface area contributed by atoms with Gasteiger partial charge in [0.05, 0.1) is 39.8 Å². The highest BCUT2D eigenvalue weighted by molar-refractivity contribution is 7.99. The molecule has 8 nitrogen and oxygen atoms in total. The van der Waals surface area contributed by atoms with Crippen molar-refractivity contribution in [2.24, 2.45) is 0 Å². The van der Waals surface area contributed by atoms with Gasteiger partial charge in [-0.05, 0) is 92.4 Å². The number of likely N-dealkylation sites (N-methyl/N-ethyl adjacent to an activating group) is 1. The Bertz CT molecular complexity index is 1500. The van der Waals surface area contributed by atoms with Crippen molar-refractivity contribution < 1.29 is 23.7 Å². The average molecular weight is 618 g/mol. The van der Waals surface area contributed by atoms with Crippen LogP contribution in [0.3, 0.4) is 0 Å². The highest BCUT2D eigenvalue weighted by Gasteiger charge is 2.20. The van der Waals surface area contributed by atoms with Gasteiger partial charge in [0.1, 0.15) is 11.5 Å². The van der Waals surface area contributed by atoms with Crippen molar-refractivity contribution >= 4 is 17.7 Å². The third-order valence-corrected chi connectivity index (χ3v) is 8.66. The van der Waals surface area contributed by atoms with Gasteiger partial charge in [0.15, 0.2) is 16.7 Å². The molecule has 1 heterocycles. The quantitative estimate of drug-likeness (QED) is 0.0970. The van der Waals surface area contributed by atoms with Crippen LogP contribution in [0.5, 0.6) is 23.0 Å². The summed E-state index contributed by atoms with van der Waals surface area (Å²) in [6.45, 7) is 3.59. The molecule has 44 heavy (non-hydrogen) atoms. The number of hydrogen-bond acceptors (Lipinski definition) is 7. The predicted molar refractivity (Wildman–Crippen MR) is 177 cm³/mol. The molecule has 0 bridgehead atoms. The standard InChI is InChI=1S/C35H43N3O5S/c1-7-38-34(27-14-18-29(41-4)19-15-27)33(26-12-16-28(40-3)17-13-26)36-35(38)44-23-9-8-10-32(39)37(2)22-21-25-11-20-30(42-5)31(24-25)43-6/h11-20,24H,7-10,21-23H2,1-6H3. The fourth-order valence-electron chi connectivity index (χ4n) is 5.02. The number of methoxy groups -OCH3 is 4. The minimum atomic E-state index is 0.161. The summed E-state index contributed by atoms with van der Waals surface area (Å²) < 4.78 is 23.8. The van der Waals surface area contributed by atoms with Crippen molar-refractivity contribution in [1.29, 1.82) is 0 Å². The number of ether oxygens (including phenoxy) is 4. The molecule has 1 amide bonds. The minimum absolute atomic E-state index is 0.161. The third kappa shape index (κ3) is 8.08. The molecule has 3 aromatic carbocycles. The Morgan fingerprint density at radius 3 is 2.05 bits per heavy atom. The van der Waals surface area contributed by atoms with Gasteiger partial charge in [-0.2, -0.15) is 0 Å². The van der Waals surface area contributed by atoms with E-state index in [1.54, 1.807) is 40.2 Å². The molecular weight excluding hydrogens is 574 g/mol. The fraction of sp³-hybridized carbons (Fsp3) is 0.371. The number of amides is 1. The summed E-state index contributed by atoms with van der Waals surface area (Å²) in [5, 5.41) is 0.975. The van der Waals surface area contributed by atoms with Crippen LogP contribution in [0.25, 0.3) is 22.5 Å². The van der Waals surface area contributed by atoms with Crippen LogP contribution in [-0.4, -0.2) is 68.1 Å². The monoisotopic (exact) mass is 617 g/mol. The van der Waals surface area contributed by atoms with E-state index in [2.05, 4.69) is 35.8 Å². The number of aromatic nitrogens is 2. The number of unbranched alkanes of at least 4 members (excludes halogenated alkanes) is 1. The SMILES string of the molecule is CCn1c(SCCCCC(=O)N(C)CCc2ccc(OC)c(OC)c2)nc(-c2ccc(OC)cc2)c1-c1ccc(OC)cc1. The first-order valence-corrected chi connectivity index (χ1v) is 15.9. The fourth-order valence-corrected chi connectivity index (χ4v) is 6.08. The molecule has 0 atom stereocenters. The lowest BCUT2D eigenvalue weighted by atomic mass is 10.0. The Morgan fingerprint density at radius 2 is 1.45 bits per heavy atom. The van der Waals surface area contributed by atoms with Gasteiger partial charge in [0.2, 0.25) is 5.91 Å². The van der Waals surface area contributed by atoms with Gasteiger partial charge < -0.3 is 28.4 Å². The number of benzene rings is 3. The molecule has 234 valence electrons. The highest BCUT2D eigenvalue weighted by atomic mass is 32.2. The zero-order valence-corrected chi connectivity index (χ0v) is 27.4. The van der Waals surface area contributed by atoms with Crippen LogP contribution in [0.15, 0.2) is 71.9 Å². The van der Waals surface area contributed by atoms with Gasteiger partial charge in [-0.25, -0.2) is 4.98 Å². The normalized spacial score (nSPS) is 10.9. The highest BCUT2D eigenvalue weighted by Crippen LogP contribution is 2.37. The molecule has 0 aliphatic heterocycles. The molecule has 0 aliphatic carbocycles. The second-order valence-electron chi connectivity index (χ2n) is 10.4. The molecule has 4 aromatic rings. The zero-order valence-electron chi connectivity index (χ0n) is 26.6. The van der Waals surface area contributed by atoms with Crippen molar-refractivity contribution in [3.63, 3.8) is 0 Å². The smallest absolute Gasteiger partial charge is 0.222 e. The molecule has 0 aliphatic rings. The van der Waals surface area contributed by atoms with Crippen LogP contribution in [0.4, 0.5) is 0 Å². The van der Waals surface area contributed by atoms with E-state index < -0.39 is 0 Å². The summed E-state index contributed by atoms with van der Waals surface area (Å²) in [5.41, 5.74) is 5.24. The van der Waals surface area contributed by atoms with Crippen molar-refractivity contribution in [2.45, 2.75) is 44.3 Å². The minimum Gasteiger partial charge on any atom is -0.497 e. The van der Waals surface area contributed by atoms with E-state index in [9.17, 15) is 4.79 Å². The number of imidazole rings is 1. The Morgan fingerprint density at radius 1 is 0.818 bits per heavy atom. The summed E-state index contributed by atoms with van der Waals surface area (Å²) in [6, 6.07) is 22.0. The Balaban J connectivity index is 1.37. The molecule has 0 N–H and O–H groups in total. The number of carbonyl (C=O) groups is 1. The molecule has 0 radical (unpaired) electrons. The molecule has 0 spiro atoms. The van der Waals surface area contributed by atoms with Gasteiger partial charge in [0, 0.05) is 43.4 Å². The predicted octanol–water partition coefficient (Wildman–Crippen LogP) is 7.23. The van der Waals surface area contributed by atoms with Crippen molar-refractivity contribution in [1.82, 2.24) is 14.5 Å². The van der Waals surface area contributed by atoms with Crippen molar-refractivity contribution in [3.05, 3.63) is 72.3 Å². The van der Waals surface area contributed by atoms with Crippen molar-refractivity contribution in [3.8, 4) is 45.5 Å². The van der Waals surface area contributed by atoms with E-state index in [4.69, 9.17) is 23.9 Å². The molecule has 9 heteroatoms. The Kier molecular flexibility index (Phi) is 12.0. The molecule has 0 unspecified atom stereocenters. The number of hydrogen-bond donors (Lipinski definition) is 0. The maximum absolute atomic E-state index is 12.8. The van der Waals surface area contributed by atoms with E-state index in [-0.39, 0.29) is 5.91 Å². The second kappa shape index (κ2) is 16.1. The maximum Gasteiger partial charge on any atom is 0.222 e. The molecule has 0 saturated heterocycles. The topological polar surface area (TPSA) is 75.1 Å². The van der Waals surface area contributed by atoms with Crippen LogP contribution in [-0.2, 0) is 17.8 Å². The first-order valence-electron chi connectivity index (χ1n) is 14.9. The Labute approximate surface area is 265 Å². The summed E-state index contributed by atoms with van der Waals surface area (Å²) >= 11 is 1.74. The van der Waals surface area contributed by atoms with Gasteiger partial charge in [-0.15, -0.1) is 0 Å². The van der Waals surface area contributed by atoms with E-state index in [1.165, 1.54) is 0 Å². The van der Waals surface area contributed by atoms with E-state index in [0.717, 1.165) is 76.3 Å². The van der Waals surface area contributed by atoms with E-state index in [1.807, 2.05) is 54.4 Å². The summed E-state index contributed by atoms with van der Waals surface area (Å²) in [7, 11) is 8.47. The molecular formula is C35H43N3O5S. The molecule has 0 fully saturated rings. The summed E-state index contributed by atoms with van der Waals surface area (Å²) in [6.07, 6.45) is 3.03. The number of nitrogens with zero attached hydrogens (tertiary/aromatic N) is 3. The van der Waals surface area contributed by atoms with Gasteiger partial charge in [-0.3, -0.25) is 4.79 Å². The number of thioether (sulfide) groups is 1. The first-order chi connectivity index (χ1) is 21.4. The van der Waals surface area contributed by atoms with Crippen LogP contribution < -0.4 is 18.9 Å². The van der Waals surface area contributed by atoms with E-state index >= 15 is 0 Å². The summed E-state index contributed by atoms with van der Waals surface area (Å²) in [4.78, 5) is 19.8. The molecule has 4 rings (SSSR count). The number of carbonyl (C=O) groups excluding carboxylic acids is 1. The van der Waals surface area contributed by atoms with Gasteiger partial charge >= 0.3 is 0 Å². The van der Waals surface area contributed by atoms with Crippen LogP contribution in [0.2, 0.25) is 0 Å². The number of rotatable bonds is 16. The van der Waals surface area contributed by atoms with Gasteiger partial charge in [-0.1, -0.05) is 17.8 Å². The van der Waals surface area contributed by atoms with Crippen LogP contribution >= 0.6 is 11.8 Å². The van der Waals surface area contributed by atoms with E-state index in [0.29, 0.717) is 24.5 Å². The lowest BCUT2D eigenvalue weighted by Gasteiger charge is -2.17. The average Bonchev–Trinajstić information content (AvgIpc) is 3.44. The summed E-state index contributed by atoms with van der Waals surface area (Å²) in [5.74, 6) is 4.07. The molecule has 1 aromatic heterocycles. The Hall–Kier alpha value is -4.11. The first kappa shape index (κ1) is 32.8. The lowest BCUT2D eigenvalue weighted by molar-refractivity contribution is -0.129. The van der Waals surface area contributed by atoms with Crippen LogP contribution in [0, 0.1) is 0 Å². The van der Waals surface area contributed by atoms with Crippen molar-refractivity contribution in [2.75, 3.05) is 47.8 Å². The second-order valence-corrected chi connectivity index (χ2v) is 11.4. The van der Waals surface area contributed by atoms with Crippen LogP contribution in [0.1, 0.15) is 31.7 Å². The van der Waals surface area contributed by atoms with Gasteiger partial charge in [0.25, 0.3) is 0 Å². The zero-order chi connectivity index (χ0) is 31.5.